The predicted molar refractivity (Wildman–Crippen MR) is 444 cm³/mol. The summed E-state index contributed by atoms with van der Waals surface area (Å²) in [7, 11) is 5.94. The van der Waals surface area contributed by atoms with Crippen molar-refractivity contribution in [2.75, 3.05) is 47.5 Å². The van der Waals surface area contributed by atoms with Crippen LogP contribution in [0.25, 0.3) is 0 Å². The van der Waals surface area contributed by atoms with Gasteiger partial charge in [0.05, 0.1) is 40.3 Å². The Morgan fingerprint density at radius 1 is 0.291 bits per heavy atom. The van der Waals surface area contributed by atoms with Crippen LogP contribution in [0.5, 0.6) is 0 Å². The van der Waals surface area contributed by atoms with Gasteiger partial charge in [-0.15, -0.1) is 0 Å². The number of carboxylic acids is 1. The molecule has 0 aromatic rings. The van der Waals surface area contributed by atoms with Gasteiger partial charge in [-0.2, -0.15) is 0 Å². The predicted octanol–water partition coefficient (Wildman–Crippen LogP) is 26.6. The first kappa shape index (κ1) is 97.9. The highest BCUT2D eigenvalue weighted by molar-refractivity contribution is 5.70. The number of quaternary nitrogens is 1. The van der Waals surface area contributed by atoms with Crippen molar-refractivity contribution in [3.63, 3.8) is 0 Å². The van der Waals surface area contributed by atoms with Gasteiger partial charge in [0.25, 0.3) is 0 Å². The van der Waals surface area contributed by atoms with E-state index in [9.17, 15) is 19.5 Å². The number of carbonyl (C=O) groups excluding carboxylic acids is 3. The molecule has 0 N–H and O–H groups in total. The average molecular weight is 1430 g/mol. The average Bonchev–Trinajstić information content (AvgIpc) is 0.985. The fourth-order valence-electron chi connectivity index (χ4n) is 11.9. The molecule has 0 aromatic carbocycles. The minimum absolute atomic E-state index is 0.145. The van der Waals surface area contributed by atoms with Crippen LogP contribution in [0.1, 0.15) is 361 Å². The largest absolute Gasteiger partial charge is 0.545 e. The number of hydrogen-bond donors (Lipinski definition) is 0. The smallest absolute Gasteiger partial charge is 0.306 e. The van der Waals surface area contributed by atoms with Crippen LogP contribution in [-0.4, -0.2) is 82.3 Å². The van der Waals surface area contributed by atoms with Gasteiger partial charge in [-0.3, -0.25) is 9.59 Å². The molecule has 0 saturated carbocycles. The third-order valence-corrected chi connectivity index (χ3v) is 18.3. The van der Waals surface area contributed by atoms with E-state index in [1.807, 2.05) is 21.1 Å². The SMILES string of the molecule is CC/C=C\C/C=C\C/C=C\C/C=C\C/C=C\C/C=C\C/C=C\CCCCCCCCCCCCCCCCCCCC(=O)OC(COC(=O)CCCCCCCCCCCCCCCCCCCCCC/C=C\C/C=C\C/C=C\C/C=C\C/C=C\C/C=C\CC)COC(OCC[N+](C)(C)C)C(=O)[O-]. The quantitative estimate of drug-likeness (QED) is 0.0195. The van der Waals surface area contributed by atoms with E-state index in [0.717, 1.165) is 122 Å². The molecule has 0 aliphatic rings. The van der Waals surface area contributed by atoms with E-state index in [0.29, 0.717) is 17.4 Å². The molecule has 9 nitrogen and oxygen atoms in total. The van der Waals surface area contributed by atoms with Crippen LogP contribution in [-0.2, 0) is 33.3 Å². The normalized spacial score (nSPS) is 13.4. The summed E-state index contributed by atoms with van der Waals surface area (Å²) < 4.78 is 22.9. The first-order chi connectivity index (χ1) is 50.6. The number of carboxylic acid groups (broad SMARTS) is 1. The van der Waals surface area contributed by atoms with Gasteiger partial charge in [-0.25, -0.2) is 0 Å². The molecule has 0 spiro atoms. The number of carbonyl (C=O) groups is 3. The number of nitrogens with zero attached hydrogens (tertiary/aromatic N) is 1. The fourth-order valence-corrected chi connectivity index (χ4v) is 11.9. The Morgan fingerprint density at radius 3 is 0.777 bits per heavy atom. The summed E-state index contributed by atoms with van der Waals surface area (Å²) in [5.41, 5.74) is 0. The van der Waals surface area contributed by atoms with E-state index >= 15 is 0 Å². The second kappa shape index (κ2) is 82.6. The number of allylic oxidation sites excluding steroid dienone is 26. The number of hydrogen-bond acceptors (Lipinski definition) is 8. The lowest BCUT2D eigenvalue weighted by Crippen LogP contribution is -2.44. The Bertz CT molecular complexity index is 2270. The number of unbranched alkanes of at least 4 members (excludes halogenated alkanes) is 37. The Morgan fingerprint density at radius 2 is 0.524 bits per heavy atom. The molecule has 0 aliphatic carbocycles. The molecule has 0 aliphatic heterocycles. The highest BCUT2D eigenvalue weighted by atomic mass is 16.7. The first-order valence-corrected chi connectivity index (χ1v) is 42.6. The minimum Gasteiger partial charge on any atom is -0.545 e. The van der Waals surface area contributed by atoms with Crippen molar-refractivity contribution in [2.45, 2.75) is 373 Å². The van der Waals surface area contributed by atoms with Gasteiger partial charge < -0.3 is 33.3 Å². The van der Waals surface area contributed by atoms with Crippen molar-refractivity contribution in [3.05, 3.63) is 158 Å². The van der Waals surface area contributed by atoms with Gasteiger partial charge in [0.2, 0.25) is 0 Å². The second-order valence-electron chi connectivity index (χ2n) is 29.4. The summed E-state index contributed by atoms with van der Waals surface area (Å²) in [4.78, 5) is 37.7. The lowest BCUT2D eigenvalue weighted by molar-refractivity contribution is -0.870. The van der Waals surface area contributed by atoms with E-state index < -0.39 is 24.3 Å². The van der Waals surface area contributed by atoms with E-state index in [1.54, 1.807) is 0 Å². The summed E-state index contributed by atoms with van der Waals surface area (Å²) in [5.74, 6) is -2.27. The van der Waals surface area contributed by atoms with Gasteiger partial charge in [-0.05, 0) is 122 Å². The Balaban J connectivity index is 4.00. The van der Waals surface area contributed by atoms with Gasteiger partial charge in [-0.1, -0.05) is 384 Å². The Kier molecular flexibility index (Phi) is 78.5. The van der Waals surface area contributed by atoms with Crippen LogP contribution in [0.2, 0.25) is 0 Å². The summed E-state index contributed by atoms with van der Waals surface area (Å²) in [5, 5.41) is 11.9. The lowest BCUT2D eigenvalue weighted by atomic mass is 10.0. The zero-order chi connectivity index (χ0) is 74.6. The molecular formula is C94H159NO8. The number of esters is 2. The zero-order valence-electron chi connectivity index (χ0n) is 67.4. The van der Waals surface area contributed by atoms with Crippen LogP contribution in [0, 0.1) is 0 Å². The summed E-state index contributed by atoms with van der Waals surface area (Å²) in [6.07, 6.45) is 119. The molecule has 0 saturated heterocycles. The molecule has 588 valence electrons. The molecule has 2 atom stereocenters. The molecule has 0 aromatic heterocycles. The van der Waals surface area contributed by atoms with Gasteiger partial charge >= 0.3 is 11.9 Å². The lowest BCUT2D eigenvalue weighted by Gasteiger charge is -2.26. The second-order valence-corrected chi connectivity index (χ2v) is 29.4. The molecule has 0 bridgehead atoms. The molecule has 2 unspecified atom stereocenters. The molecule has 0 radical (unpaired) electrons. The fraction of sp³-hybridized carbons (Fsp3) is 0.691. The van der Waals surface area contributed by atoms with Gasteiger partial charge in [0, 0.05) is 12.8 Å². The molecular weight excluding hydrogens is 1270 g/mol. The topological polar surface area (TPSA) is 111 Å². The maximum absolute atomic E-state index is 13.0. The number of aliphatic carboxylic acids is 1. The number of likely N-dealkylation sites (N-methyl/N-ethyl adjacent to an activating group) is 1. The van der Waals surface area contributed by atoms with E-state index in [-0.39, 0.29) is 38.6 Å². The monoisotopic (exact) mass is 1430 g/mol. The zero-order valence-corrected chi connectivity index (χ0v) is 67.4. The Labute approximate surface area is 635 Å². The van der Waals surface area contributed by atoms with Crippen molar-refractivity contribution in [1.82, 2.24) is 0 Å². The van der Waals surface area contributed by atoms with Crippen molar-refractivity contribution in [3.8, 4) is 0 Å². The summed E-state index contributed by atoms with van der Waals surface area (Å²) in [6, 6.07) is 0. The highest BCUT2D eigenvalue weighted by Gasteiger charge is 2.22. The minimum atomic E-state index is -1.63. The summed E-state index contributed by atoms with van der Waals surface area (Å²) >= 11 is 0. The third kappa shape index (κ3) is 84.1. The van der Waals surface area contributed by atoms with Crippen molar-refractivity contribution >= 4 is 17.9 Å². The highest BCUT2D eigenvalue weighted by Crippen LogP contribution is 2.19. The molecule has 0 heterocycles. The van der Waals surface area contributed by atoms with Crippen LogP contribution < -0.4 is 5.11 Å². The maximum Gasteiger partial charge on any atom is 0.306 e. The number of ether oxygens (including phenoxy) is 4. The molecule has 0 amide bonds. The number of rotatable bonds is 78. The Hall–Kier alpha value is -5.09. The first-order valence-electron chi connectivity index (χ1n) is 42.6. The van der Waals surface area contributed by atoms with Gasteiger partial charge in [0.15, 0.2) is 12.4 Å². The third-order valence-electron chi connectivity index (χ3n) is 18.3. The van der Waals surface area contributed by atoms with Crippen LogP contribution in [0.4, 0.5) is 0 Å². The van der Waals surface area contributed by atoms with Gasteiger partial charge in [0.1, 0.15) is 13.2 Å². The maximum atomic E-state index is 13.0. The molecule has 0 rings (SSSR count). The van der Waals surface area contributed by atoms with Crippen molar-refractivity contribution in [2.24, 2.45) is 0 Å². The van der Waals surface area contributed by atoms with Crippen molar-refractivity contribution in [1.29, 1.82) is 0 Å². The molecule has 9 heteroatoms. The van der Waals surface area contributed by atoms with E-state index in [1.165, 1.54) is 205 Å². The van der Waals surface area contributed by atoms with Crippen LogP contribution in [0.15, 0.2) is 158 Å². The molecule has 103 heavy (non-hydrogen) atoms. The van der Waals surface area contributed by atoms with E-state index in [2.05, 4.69) is 172 Å². The van der Waals surface area contributed by atoms with Crippen molar-refractivity contribution < 1.29 is 42.9 Å². The molecule has 0 fully saturated rings. The summed E-state index contributed by atoms with van der Waals surface area (Å²) in [6.45, 7) is 4.55. The van der Waals surface area contributed by atoms with Crippen LogP contribution >= 0.6 is 0 Å². The standard InChI is InChI=1S/C94H159NO8/c1-6-8-10-12-14-16-18-20-22-24-26-28-30-32-34-36-38-40-42-44-46-48-50-52-54-56-58-60-62-64-66-68-70-72-74-76-78-80-82-84-91(96)101-88-90(89-102-94(93(98)99)100-87-86-95(3,4)5)103-92(97)85-83-81-79-77-75-73-71-69-67-65-63-61-59-57-55-53-51-49-47-45-43-41-39-37-35-33-31-29-27-25-23-21-19-17-15-13-11-9-7-2/h8-11,14-17,20-23,26-29,32-35,38-41,45,47,90,94H,6-7,12-13,18-19,24-25,30-31,36-37,42-44,46,48-89H2,1-5H3/b10-8-,11-9-,16-14-,17-15-,22-20-,23-21-,28-26-,29-27-,34-32-,35-33-,40-38-,41-39-,47-45-. The van der Waals surface area contributed by atoms with Crippen LogP contribution in [0.3, 0.4) is 0 Å². The van der Waals surface area contributed by atoms with E-state index in [4.69, 9.17) is 18.9 Å².